The van der Waals surface area contributed by atoms with Crippen molar-refractivity contribution in [2.45, 2.75) is 6.54 Å². The van der Waals surface area contributed by atoms with Crippen molar-refractivity contribution < 1.29 is 18.4 Å². The van der Waals surface area contributed by atoms with Crippen molar-refractivity contribution in [2.75, 3.05) is 34.8 Å². The SMILES string of the molecule is O=C(C=Cc1ccccc1NCc1ccc(N2CCS(=O)(=O)CC2)cc1)NO. The summed E-state index contributed by atoms with van der Waals surface area (Å²) < 4.78 is 23.1. The Labute approximate surface area is 164 Å². The highest BCUT2D eigenvalue weighted by Crippen LogP contribution is 2.20. The van der Waals surface area contributed by atoms with Crippen LogP contribution in [0.25, 0.3) is 6.08 Å². The molecule has 0 atom stereocenters. The zero-order valence-electron chi connectivity index (χ0n) is 15.3. The van der Waals surface area contributed by atoms with E-state index in [0.29, 0.717) is 19.6 Å². The van der Waals surface area contributed by atoms with Gasteiger partial charge in [-0.3, -0.25) is 10.0 Å². The Kier molecular flexibility index (Phi) is 6.33. The zero-order valence-corrected chi connectivity index (χ0v) is 16.2. The van der Waals surface area contributed by atoms with Crippen molar-refractivity contribution >= 4 is 33.2 Å². The van der Waals surface area contributed by atoms with Gasteiger partial charge in [0.25, 0.3) is 5.91 Å². The first-order valence-electron chi connectivity index (χ1n) is 8.96. The molecule has 0 radical (unpaired) electrons. The van der Waals surface area contributed by atoms with E-state index in [-0.39, 0.29) is 11.5 Å². The van der Waals surface area contributed by atoms with Crippen molar-refractivity contribution in [1.29, 1.82) is 0 Å². The van der Waals surface area contributed by atoms with Gasteiger partial charge in [0, 0.05) is 37.1 Å². The van der Waals surface area contributed by atoms with Gasteiger partial charge in [0.2, 0.25) is 0 Å². The number of carbonyl (C=O) groups excluding carboxylic acids is 1. The number of nitrogens with zero attached hydrogens (tertiary/aromatic N) is 1. The largest absolute Gasteiger partial charge is 0.380 e. The average molecular weight is 401 g/mol. The van der Waals surface area contributed by atoms with Crippen LogP contribution in [0.15, 0.2) is 54.6 Å². The zero-order chi connectivity index (χ0) is 20.0. The predicted molar refractivity (Wildman–Crippen MR) is 110 cm³/mol. The van der Waals surface area contributed by atoms with Crippen molar-refractivity contribution in [3.8, 4) is 0 Å². The molecule has 28 heavy (non-hydrogen) atoms. The number of sulfone groups is 1. The summed E-state index contributed by atoms with van der Waals surface area (Å²) in [6.07, 6.45) is 2.88. The first kappa shape index (κ1) is 19.9. The van der Waals surface area contributed by atoms with Crippen LogP contribution in [0.1, 0.15) is 11.1 Å². The summed E-state index contributed by atoms with van der Waals surface area (Å²) >= 11 is 0. The first-order valence-corrected chi connectivity index (χ1v) is 10.8. The Bertz CT molecular complexity index is 942. The summed E-state index contributed by atoms with van der Waals surface area (Å²) in [5.74, 6) is -0.181. The monoisotopic (exact) mass is 401 g/mol. The number of nitrogens with one attached hydrogen (secondary N) is 2. The number of carbonyl (C=O) groups is 1. The lowest BCUT2D eigenvalue weighted by atomic mass is 10.1. The van der Waals surface area contributed by atoms with E-state index in [9.17, 15) is 13.2 Å². The topological polar surface area (TPSA) is 98.7 Å². The van der Waals surface area contributed by atoms with Gasteiger partial charge < -0.3 is 10.2 Å². The van der Waals surface area contributed by atoms with E-state index in [1.807, 2.05) is 48.5 Å². The fourth-order valence-corrected chi connectivity index (χ4v) is 4.20. The molecule has 1 heterocycles. The van der Waals surface area contributed by atoms with E-state index in [1.165, 1.54) is 6.08 Å². The lowest BCUT2D eigenvalue weighted by Gasteiger charge is -2.28. The van der Waals surface area contributed by atoms with E-state index in [4.69, 9.17) is 5.21 Å². The van der Waals surface area contributed by atoms with Crippen molar-refractivity contribution in [2.24, 2.45) is 0 Å². The second-order valence-corrected chi connectivity index (χ2v) is 8.86. The minimum Gasteiger partial charge on any atom is -0.380 e. The van der Waals surface area contributed by atoms with E-state index in [0.717, 1.165) is 22.5 Å². The minimum atomic E-state index is -2.88. The smallest absolute Gasteiger partial charge is 0.267 e. The number of rotatable bonds is 6. The third kappa shape index (κ3) is 5.34. The Morgan fingerprint density at radius 3 is 2.43 bits per heavy atom. The van der Waals surface area contributed by atoms with Crippen LogP contribution < -0.4 is 15.7 Å². The summed E-state index contributed by atoms with van der Waals surface area (Å²) in [6.45, 7) is 1.66. The van der Waals surface area contributed by atoms with Crippen molar-refractivity contribution in [3.05, 3.63) is 65.7 Å². The number of hydrogen-bond acceptors (Lipinski definition) is 6. The third-order valence-corrected chi connectivity index (χ3v) is 6.22. The predicted octanol–water partition coefficient (Wildman–Crippen LogP) is 2.05. The highest BCUT2D eigenvalue weighted by atomic mass is 32.2. The van der Waals surface area contributed by atoms with E-state index in [1.54, 1.807) is 11.6 Å². The minimum absolute atomic E-state index is 0.203. The maximum atomic E-state index is 11.6. The number of benzene rings is 2. The van der Waals surface area contributed by atoms with E-state index < -0.39 is 15.7 Å². The first-order chi connectivity index (χ1) is 13.5. The maximum Gasteiger partial charge on any atom is 0.267 e. The highest BCUT2D eigenvalue weighted by molar-refractivity contribution is 7.91. The molecule has 1 fully saturated rings. The molecular formula is C20H23N3O4S. The van der Waals surface area contributed by atoms with Crippen LogP contribution in [0.5, 0.6) is 0 Å². The molecule has 2 aromatic carbocycles. The molecule has 0 unspecified atom stereocenters. The van der Waals surface area contributed by atoms with Crippen molar-refractivity contribution in [3.63, 3.8) is 0 Å². The number of hydrogen-bond donors (Lipinski definition) is 3. The molecule has 148 valence electrons. The van der Waals surface area contributed by atoms with Gasteiger partial charge in [-0.05, 0) is 35.4 Å². The highest BCUT2D eigenvalue weighted by Gasteiger charge is 2.21. The fourth-order valence-electron chi connectivity index (χ4n) is 3.00. The summed E-state index contributed by atoms with van der Waals surface area (Å²) in [4.78, 5) is 13.3. The molecule has 1 aliphatic rings. The van der Waals surface area contributed by atoms with Crippen LogP contribution in [0, 0.1) is 0 Å². The third-order valence-electron chi connectivity index (χ3n) is 4.61. The van der Waals surface area contributed by atoms with Crippen LogP contribution in [-0.4, -0.2) is 44.1 Å². The molecule has 8 heteroatoms. The lowest BCUT2D eigenvalue weighted by molar-refractivity contribution is -0.124. The van der Waals surface area contributed by atoms with Gasteiger partial charge >= 0.3 is 0 Å². The quantitative estimate of drug-likeness (QED) is 0.389. The van der Waals surface area contributed by atoms with Crippen LogP contribution in [0.2, 0.25) is 0 Å². The number of anilines is 2. The fraction of sp³-hybridized carbons (Fsp3) is 0.250. The van der Waals surface area contributed by atoms with E-state index in [2.05, 4.69) is 10.2 Å². The summed E-state index contributed by atoms with van der Waals surface area (Å²) in [5, 5.41) is 11.9. The number of amides is 1. The van der Waals surface area contributed by atoms with Crippen LogP contribution >= 0.6 is 0 Å². The standard InChI is InChI=1S/C20H23N3O4S/c24-20(22-25)10-7-17-3-1-2-4-19(17)21-15-16-5-8-18(9-6-16)23-11-13-28(26,27)14-12-23/h1-10,21,25H,11-15H2,(H,22,24). The van der Waals surface area contributed by atoms with Gasteiger partial charge in [0.05, 0.1) is 11.5 Å². The average Bonchev–Trinajstić information content (AvgIpc) is 2.71. The normalized spacial score (nSPS) is 16.1. The summed E-state index contributed by atoms with van der Waals surface area (Å²) in [7, 11) is -2.88. The molecular weight excluding hydrogens is 378 g/mol. The van der Waals surface area contributed by atoms with Crippen molar-refractivity contribution in [1.82, 2.24) is 5.48 Å². The second-order valence-electron chi connectivity index (χ2n) is 6.56. The summed E-state index contributed by atoms with van der Waals surface area (Å²) in [6, 6.07) is 15.6. The molecule has 1 saturated heterocycles. The Morgan fingerprint density at radius 2 is 1.75 bits per heavy atom. The van der Waals surface area contributed by atoms with Crippen LogP contribution in [0.3, 0.4) is 0 Å². The molecule has 0 bridgehead atoms. The molecule has 0 aromatic heterocycles. The molecule has 0 saturated carbocycles. The van der Waals surface area contributed by atoms with Crippen LogP contribution in [0.4, 0.5) is 11.4 Å². The molecule has 3 rings (SSSR count). The Hall–Kier alpha value is -2.84. The second kappa shape index (κ2) is 8.90. The number of para-hydroxylation sites is 1. The molecule has 0 aliphatic carbocycles. The van der Waals surface area contributed by atoms with Crippen LogP contribution in [-0.2, 0) is 21.2 Å². The summed E-state index contributed by atoms with van der Waals surface area (Å²) in [5.41, 5.74) is 5.38. The Balaban J connectivity index is 1.61. The molecule has 0 spiro atoms. The molecule has 7 nitrogen and oxygen atoms in total. The van der Waals surface area contributed by atoms with Gasteiger partial charge in [0.15, 0.2) is 9.84 Å². The van der Waals surface area contributed by atoms with Gasteiger partial charge in [-0.15, -0.1) is 0 Å². The molecule has 2 aromatic rings. The molecule has 1 amide bonds. The van der Waals surface area contributed by atoms with Gasteiger partial charge in [0.1, 0.15) is 0 Å². The maximum absolute atomic E-state index is 11.6. The molecule has 3 N–H and O–H groups in total. The van der Waals surface area contributed by atoms with Gasteiger partial charge in [-0.2, -0.15) is 0 Å². The van der Waals surface area contributed by atoms with Gasteiger partial charge in [-0.25, -0.2) is 13.9 Å². The lowest BCUT2D eigenvalue weighted by Crippen LogP contribution is -2.40. The molecule has 1 aliphatic heterocycles. The van der Waals surface area contributed by atoms with E-state index >= 15 is 0 Å². The Morgan fingerprint density at radius 1 is 1.07 bits per heavy atom. The van der Waals surface area contributed by atoms with Gasteiger partial charge in [-0.1, -0.05) is 30.3 Å². The number of hydroxylamine groups is 1.